The van der Waals surface area contributed by atoms with Crippen molar-refractivity contribution in [3.05, 3.63) is 10.9 Å². The van der Waals surface area contributed by atoms with Gasteiger partial charge >= 0.3 is 12.2 Å². The Morgan fingerprint density at radius 3 is 1.96 bits per heavy atom. The number of ether oxygens (including phenoxy) is 2. The Morgan fingerprint density at radius 2 is 1.44 bits per heavy atom. The molecular formula is C20H32N2O4S. The molecule has 6 nitrogen and oxygen atoms in total. The van der Waals surface area contributed by atoms with E-state index in [0.29, 0.717) is 16.6 Å². The number of carbonyl (C=O) groups excluding carboxylic acids is 2. The van der Waals surface area contributed by atoms with Crippen LogP contribution in [-0.2, 0) is 9.47 Å². The smallest absolute Gasteiger partial charge is 0.412 e. The number of amides is 2. The van der Waals surface area contributed by atoms with E-state index >= 15 is 0 Å². The van der Waals surface area contributed by atoms with Gasteiger partial charge in [-0.3, -0.25) is 10.6 Å². The molecule has 1 aliphatic carbocycles. The van der Waals surface area contributed by atoms with E-state index in [9.17, 15) is 9.59 Å². The van der Waals surface area contributed by atoms with Gasteiger partial charge < -0.3 is 9.47 Å². The van der Waals surface area contributed by atoms with Crippen molar-refractivity contribution in [1.82, 2.24) is 0 Å². The molecule has 0 aliphatic heterocycles. The highest BCUT2D eigenvalue weighted by atomic mass is 32.1. The van der Waals surface area contributed by atoms with Crippen LogP contribution in [0.15, 0.2) is 5.38 Å². The van der Waals surface area contributed by atoms with Crippen LogP contribution < -0.4 is 10.6 Å². The molecule has 1 aliphatic rings. The van der Waals surface area contributed by atoms with E-state index in [0.717, 1.165) is 18.4 Å². The minimum absolute atomic E-state index is 0.383. The van der Waals surface area contributed by atoms with Crippen LogP contribution in [-0.4, -0.2) is 23.4 Å². The Bertz CT molecular complexity index is 665. The summed E-state index contributed by atoms with van der Waals surface area (Å²) in [5.41, 5.74) is 0.513. The number of hydrogen-bond donors (Lipinski definition) is 2. The fourth-order valence-electron chi connectivity index (χ4n) is 3.11. The second-order valence-electron chi connectivity index (χ2n) is 8.98. The van der Waals surface area contributed by atoms with Crippen molar-refractivity contribution in [2.45, 2.75) is 90.8 Å². The topological polar surface area (TPSA) is 76.7 Å². The van der Waals surface area contributed by atoms with Gasteiger partial charge in [0.15, 0.2) is 0 Å². The highest BCUT2D eigenvalue weighted by Gasteiger charge is 2.26. The lowest BCUT2D eigenvalue weighted by molar-refractivity contribution is 0.0621. The van der Waals surface area contributed by atoms with Gasteiger partial charge in [0.2, 0.25) is 0 Å². The maximum atomic E-state index is 12.4. The first-order valence-corrected chi connectivity index (χ1v) is 10.4. The van der Waals surface area contributed by atoms with Crippen molar-refractivity contribution in [1.29, 1.82) is 0 Å². The van der Waals surface area contributed by atoms with Crippen molar-refractivity contribution >= 4 is 34.2 Å². The monoisotopic (exact) mass is 396 g/mol. The number of rotatable bonds is 3. The van der Waals surface area contributed by atoms with E-state index in [4.69, 9.17) is 9.47 Å². The Kier molecular flexibility index (Phi) is 6.78. The number of anilines is 2. The Morgan fingerprint density at radius 1 is 0.926 bits per heavy atom. The molecule has 2 N–H and O–H groups in total. The van der Waals surface area contributed by atoms with Gasteiger partial charge in [-0.25, -0.2) is 9.59 Å². The summed E-state index contributed by atoms with van der Waals surface area (Å²) < 4.78 is 10.8. The third-order valence-electron chi connectivity index (χ3n) is 4.10. The zero-order valence-corrected chi connectivity index (χ0v) is 18.0. The molecule has 152 valence electrons. The predicted molar refractivity (Wildman–Crippen MR) is 110 cm³/mol. The second kappa shape index (κ2) is 8.50. The zero-order chi connectivity index (χ0) is 20.2. The Labute approximate surface area is 166 Å². The molecule has 2 rings (SSSR count). The van der Waals surface area contributed by atoms with Crippen LogP contribution in [0.3, 0.4) is 0 Å². The molecule has 0 unspecified atom stereocenters. The summed E-state index contributed by atoms with van der Waals surface area (Å²) in [5, 5.41) is 8.24. The van der Waals surface area contributed by atoms with Crippen LogP contribution in [0.25, 0.3) is 0 Å². The standard InChI is InChI=1S/C20H32N2O4S/c1-19(2,3)25-17(23)21-15-14(13-10-8-7-9-11-13)12-27-16(15)22-18(24)26-20(4,5)6/h12-13H,7-11H2,1-6H3,(H,21,23)(H,22,24). The summed E-state index contributed by atoms with van der Waals surface area (Å²) in [4.78, 5) is 24.6. The first-order chi connectivity index (χ1) is 12.4. The van der Waals surface area contributed by atoms with Gasteiger partial charge in [-0.1, -0.05) is 19.3 Å². The van der Waals surface area contributed by atoms with Gasteiger partial charge in [0.05, 0.1) is 5.69 Å². The molecule has 0 bridgehead atoms. The number of hydrogen-bond acceptors (Lipinski definition) is 5. The van der Waals surface area contributed by atoms with Gasteiger partial charge in [0.25, 0.3) is 0 Å². The molecule has 1 aromatic rings. The molecule has 7 heteroatoms. The first-order valence-electron chi connectivity index (χ1n) is 9.56. The summed E-state index contributed by atoms with van der Waals surface area (Å²) in [6.07, 6.45) is 4.73. The minimum atomic E-state index is -0.593. The fraction of sp³-hybridized carbons (Fsp3) is 0.700. The largest absolute Gasteiger partial charge is 0.444 e. The van der Waals surface area contributed by atoms with Crippen molar-refractivity contribution in [2.24, 2.45) is 0 Å². The molecule has 0 saturated heterocycles. The molecular weight excluding hydrogens is 364 g/mol. The van der Waals surface area contributed by atoms with E-state index in [1.165, 1.54) is 30.6 Å². The predicted octanol–water partition coefficient (Wildman–Crippen LogP) is 6.49. The summed E-state index contributed by atoms with van der Waals surface area (Å²) in [7, 11) is 0. The average Bonchev–Trinajstić information content (AvgIpc) is 2.86. The van der Waals surface area contributed by atoms with Gasteiger partial charge in [0, 0.05) is 0 Å². The Balaban J connectivity index is 2.23. The number of nitrogens with one attached hydrogen (secondary N) is 2. The van der Waals surface area contributed by atoms with Crippen LogP contribution in [0, 0.1) is 0 Å². The van der Waals surface area contributed by atoms with E-state index in [2.05, 4.69) is 10.6 Å². The highest BCUT2D eigenvalue weighted by molar-refractivity contribution is 7.15. The van der Waals surface area contributed by atoms with Gasteiger partial charge in [0.1, 0.15) is 16.2 Å². The van der Waals surface area contributed by atoms with E-state index in [1.807, 2.05) is 46.9 Å². The molecule has 2 amide bonds. The molecule has 1 fully saturated rings. The van der Waals surface area contributed by atoms with E-state index in [1.54, 1.807) is 0 Å². The third kappa shape index (κ3) is 7.05. The minimum Gasteiger partial charge on any atom is -0.444 e. The van der Waals surface area contributed by atoms with Crippen LogP contribution in [0.2, 0.25) is 0 Å². The average molecular weight is 397 g/mol. The number of carbonyl (C=O) groups is 2. The third-order valence-corrected chi connectivity index (χ3v) is 5.02. The molecule has 0 radical (unpaired) electrons. The molecule has 0 atom stereocenters. The molecule has 1 heterocycles. The van der Waals surface area contributed by atoms with Crippen LogP contribution in [0.1, 0.15) is 85.1 Å². The van der Waals surface area contributed by atoms with Crippen molar-refractivity contribution < 1.29 is 19.1 Å². The van der Waals surface area contributed by atoms with E-state index < -0.39 is 23.4 Å². The van der Waals surface area contributed by atoms with Crippen LogP contribution in [0.5, 0.6) is 0 Å². The quantitative estimate of drug-likeness (QED) is 0.612. The Hall–Kier alpha value is -1.76. The first kappa shape index (κ1) is 21.5. The maximum absolute atomic E-state index is 12.4. The molecule has 27 heavy (non-hydrogen) atoms. The van der Waals surface area contributed by atoms with Crippen LogP contribution in [0.4, 0.5) is 20.3 Å². The lowest BCUT2D eigenvalue weighted by atomic mass is 9.84. The maximum Gasteiger partial charge on any atom is 0.412 e. The fourth-order valence-corrected chi connectivity index (χ4v) is 4.09. The van der Waals surface area contributed by atoms with Gasteiger partial charge in [-0.05, 0) is 71.2 Å². The summed E-state index contributed by atoms with van der Waals surface area (Å²) in [6.45, 7) is 10.9. The van der Waals surface area contributed by atoms with Crippen molar-refractivity contribution in [3.8, 4) is 0 Å². The molecule has 1 saturated carbocycles. The zero-order valence-electron chi connectivity index (χ0n) is 17.2. The number of thiophene rings is 1. The summed E-state index contributed by atoms with van der Waals surface area (Å²) >= 11 is 1.40. The van der Waals surface area contributed by atoms with Gasteiger partial charge in [-0.15, -0.1) is 11.3 Å². The highest BCUT2D eigenvalue weighted by Crippen LogP contribution is 2.43. The summed E-state index contributed by atoms with van der Waals surface area (Å²) in [6, 6.07) is 0. The molecule has 0 spiro atoms. The molecule has 1 aromatic heterocycles. The molecule has 0 aromatic carbocycles. The lowest BCUT2D eigenvalue weighted by Crippen LogP contribution is -2.29. The van der Waals surface area contributed by atoms with Crippen molar-refractivity contribution in [2.75, 3.05) is 10.6 Å². The SMILES string of the molecule is CC(C)(C)OC(=O)Nc1scc(C2CCCCC2)c1NC(=O)OC(C)(C)C. The second-order valence-corrected chi connectivity index (χ2v) is 9.86. The van der Waals surface area contributed by atoms with E-state index in [-0.39, 0.29) is 0 Å². The normalized spacial score (nSPS) is 15.9. The van der Waals surface area contributed by atoms with Crippen molar-refractivity contribution in [3.63, 3.8) is 0 Å². The summed E-state index contributed by atoms with van der Waals surface area (Å²) in [5.74, 6) is 0.383. The lowest BCUT2D eigenvalue weighted by Gasteiger charge is -2.24. The van der Waals surface area contributed by atoms with Crippen LogP contribution >= 0.6 is 11.3 Å². The van der Waals surface area contributed by atoms with Gasteiger partial charge in [-0.2, -0.15) is 0 Å².